The van der Waals surface area contributed by atoms with Crippen molar-refractivity contribution in [1.29, 1.82) is 5.26 Å². The minimum atomic E-state index is -1.52. The molecule has 0 spiro atoms. The molecule has 0 aliphatic rings. The maximum absolute atomic E-state index is 8.75. The van der Waals surface area contributed by atoms with Gasteiger partial charge in [0.05, 0.1) is 0 Å². The number of fused-ring (bicyclic) bond motifs is 1. The molecule has 3 rings (SSSR count). The average Bonchev–Trinajstić information content (AvgIpc) is 3.07. The molecule has 97 valence electrons. The van der Waals surface area contributed by atoms with Crippen LogP contribution in [0.25, 0.3) is 22.3 Å². The van der Waals surface area contributed by atoms with Gasteiger partial charge in [0.25, 0.3) is 0 Å². The molecule has 0 bridgehead atoms. The predicted molar refractivity (Wildman–Crippen MR) is 75.0 cm³/mol. The molecule has 3 aromatic heterocycles. The van der Waals surface area contributed by atoms with Crippen LogP contribution in [0, 0.1) is 11.3 Å². The van der Waals surface area contributed by atoms with Gasteiger partial charge in [-0.25, -0.2) is 0 Å². The second-order valence-corrected chi connectivity index (χ2v) is 13.3. The van der Waals surface area contributed by atoms with Crippen LogP contribution in [0.3, 0.4) is 0 Å². The zero-order valence-electron chi connectivity index (χ0n) is 9.59. The number of H-pyrrole nitrogens is 1. The summed E-state index contributed by atoms with van der Waals surface area (Å²) in [7, 11) is 0. The van der Waals surface area contributed by atoms with Gasteiger partial charge in [-0.15, -0.1) is 0 Å². The van der Waals surface area contributed by atoms with Crippen LogP contribution >= 0.6 is 18.6 Å². The number of hydrogen-bond acceptors (Lipinski definition) is 4. The number of rotatable bonds is 3. The number of hydrogen-bond donors (Lipinski definition) is 1. The Morgan fingerprint density at radius 2 is 2.37 bits per heavy atom. The second kappa shape index (κ2) is 5.41. The molecule has 0 saturated carbocycles. The first kappa shape index (κ1) is 12.8. The van der Waals surface area contributed by atoms with E-state index in [1.165, 1.54) is 0 Å². The summed E-state index contributed by atoms with van der Waals surface area (Å²) in [5.74, 6) is 0. The minimum absolute atomic E-state index is 0.578. The summed E-state index contributed by atoms with van der Waals surface area (Å²) in [6.45, 7) is 0. The number of aromatic nitrogens is 5. The normalized spacial score (nSPS) is 11.5. The van der Waals surface area contributed by atoms with Crippen LogP contribution in [0.5, 0.6) is 0 Å². The first-order valence-corrected chi connectivity index (χ1v) is 14.1. The van der Waals surface area contributed by atoms with Crippen LogP contribution < -0.4 is 16.1 Å². The van der Waals surface area contributed by atoms with Gasteiger partial charge in [-0.2, -0.15) is 0 Å². The molecule has 0 amide bonds. The van der Waals surface area contributed by atoms with Crippen LogP contribution in [0.2, 0.25) is 0 Å². The molecule has 0 aliphatic heterocycles. The molecule has 0 aliphatic carbocycles. The summed E-state index contributed by atoms with van der Waals surface area (Å²) in [4.78, 5) is 11.6. The number of halogens is 2. The molecule has 1 radical (unpaired) electrons. The van der Waals surface area contributed by atoms with E-state index in [2.05, 4.69) is 44.7 Å². The third kappa shape index (κ3) is 2.44. The van der Waals surface area contributed by atoms with E-state index in [0.29, 0.717) is 4.43 Å². The fourth-order valence-corrected chi connectivity index (χ4v) is 5.57. The Kier molecular flexibility index (Phi) is 3.65. The van der Waals surface area contributed by atoms with E-state index in [9.17, 15) is 0 Å². The molecule has 3 aromatic rings. The van der Waals surface area contributed by atoms with Crippen molar-refractivity contribution < 1.29 is 16.1 Å². The molecular weight excluding hydrogens is 470 g/mol. The van der Waals surface area contributed by atoms with Crippen molar-refractivity contribution in [3.8, 4) is 17.3 Å². The zero-order chi connectivity index (χ0) is 13.2. The van der Waals surface area contributed by atoms with Gasteiger partial charge >= 0.3 is 127 Å². The van der Waals surface area contributed by atoms with Gasteiger partial charge in [0.1, 0.15) is 0 Å². The van der Waals surface area contributed by atoms with Gasteiger partial charge in [-0.3, -0.25) is 0 Å². The molecule has 0 unspecified atom stereocenters. The van der Waals surface area contributed by atoms with Gasteiger partial charge in [0, 0.05) is 0 Å². The van der Waals surface area contributed by atoms with E-state index in [1.807, 2.05) is 21.4 Å². The van der Waals surface area contributed by atoms with E-state index in [1.54, 1.807) is 12.5 Å². The molecule has 8 heteroatoms. The molecule has 0 saturated heterocycles. The molecular formula is C11H8I2N6-. The SMILES string of the molecule is N#CC[I-](I)n1cc(-c2ncnc3[nH]ccc23)cn1. The third-order valence-electron chi connectivity index (χ3n) is 2.54. The Hall–Kier alpha value is -1.22. The summed E-state index contributed by atoms with van der Waals surface area (Å²) in [5.41, 5.74) is 2.65. The van der Waals surface area contributed by atoms with E-state index < -0.39 is 16.1 Å². The molecule has 0 atom stereocenters. The Balaban J connectivity index is 2.03. The van der Waals surface area contributed by atoms with E-state index in [-0.39, 0.29) is 0 Å². The van der Waals surface area contributed by atoms with Crippen LogP contribution in [0.1, 0.15) is 0 Å². The first-order valence-electron chi connectivity index (χ1n) is 5.32. The topological polar surface area (TPSA) is 83.2 Å². The van der Waals surface area contributed by atoms with Gasteiger partial charge in [0.15, 0.2) is 0 Å². The third-order valence-corrected chi connectivity index (χ3v) is 9.55. The van der Waals surface area contributed by atoms with Crippen molar-refractivity contribution >= 4 is 29.6 Å². The number of nitrogens with one attached hydrogen (secondary N) is 1. The summed E-state index contributed by atoms with van der Waals surface area (Å²) in [6.07, 6.45) is 7.17. The predicted octanol–water partition coefficient (Wildman–Crippen LogP) is -0.917. The number of nitrogens with zero attached hydrogens (tertiary/aromatic N) is 5. The zero-order valence-corrected chi connectivity index (χ0v) is 13.9. The fraction of sp³-hybridized carbons (Fsp3) is 0.0909. The number of alkyl halides is 1. The molecule has 0 fully saturated rings. The summed E-state index contributed by atoms with van der Waals surface area (Å²) in [5, 5.41) is 14.1. The van der Waals surface area contributed by atoms with Crippen molar-refractivity contribution in [2.75, 3.05) is 4.43 Å². The molecule has 0 aromatic carbocycles. The van der Waals surface area contributed by atoms with Crippen LogP contribution in [0.4, 0.5) is 0 Å². The Labute approximate surface area is 126 Å². The van der Waals surface area contributed by atoms with Crippen molar-refractivity contribution in [2.45, 2.75) is 0 Å². The van der Waals surface area contributed by atoms with Gasteiger partial charge in [-0.05, 0) is 0 Å². The summed E-state index contributed by atoms with van der Waals surface area (Å²) in [6, 6.07) is 4.17. The average molecular weight is 478 g/mol. The van der Waals surface area contributed by atoms with E-state index >= 15 is 0 Å². The Morgan fingerprint density at radius 1 is 1.47 bits per heavy atom. The summed E-state index contributed by atoms with van der Waals surface area (Å²) < 4.78 is 2.51. The summed E-state index contributed by atoms with van der Waals surface area (Å²) >= 11 is 0.830. The monoisotopic (exact) mass is 478 g/mol. The van der Waals surface area contributed by atoms with Crippen LogP contribution in [-0.4, -0.2) is 27.4 Å². The van der Waals surface area contributed by atoms with Crippen molar-refractivity contribution in [3.63, 3.8) is 0 Å². The van der Waals surface area contributed by atoms with Gasteiger partial charge < -0.3 is 0 Å². The number of nitriles is 1. The first-order chi connectivity index (χ1) is 9.29. The number of aromatic amines is 1. The fourth-order valence-electron chi connectivity index (χ4n) is 1.73. The van der Waals surface area contributed by atoms with Crippen molar-refractivity contribution in [1.82, 2.24) is 22.9 Å². The standard InChI is InChI=1S/C11H8I2N6/c12-13(2-3-14)19-6-8(5-18-19)10-9-1-4-15-11(9)17-7-16-10/h1,4-7H,2H2,(H,15,16,17)/q-1. The van der Waals surface area contributed by atoms with E-state index in [0.717, 1.165) is 22.3 Å². The van der Waals surface area contributed by atoms with Crippen molar-refractivity contribution in [3.05, 3.63) is 31.0 Å². The van der Waals surface area contributed by atoms with E-state index in [4.69, 9.17) is 5.26 Å². The van der Waals surface area contributed by atoms with Gasteiger partial charge in [-0.1, -0.05) is 0 Å². The molecule has 6 nitrogen and oxygen atoms in total. The van der Waals surface area contributed by atoms with Crippen LogP contribution in [0.15, 0.2) is 31.0 Å². The van der Waals surface area contributed by atoms with Crippen LogP contribution in [-0.2, 0) is 0 Å². The Morgan fingerprint density at radius 3 is 3.21 bits per heavy atom. The molecule has 1 N–H and O–H groups in total. The quantitative estimate of drug-likeness (QED) is 0.391. The second-order valence-electron chi connectivity index (χ2n) is 3.66. The molecule has 19 heavy (non-hydrogen) atoms. The van der Waals surface area contributed by atoms with Gasteiger partial charge in [0.2, 0.25) is 0 Å². The Bertz CT molecular complexity index is 756. The molecule has 3 heterocycles. The van der Waals surface area contributed by atoms with Crippen molar-refractivity contribution in [2.24, 2.45) is 0 Å². The maximum atomic E-state index is 8.75.